The lowest BCUT2D eigenvalue weighted by Gasteiger charge is -2.00. The van der Waals surface area contributed by atoms with E-state index in [4.69, 9.17) is 11.6 Å². The van der Waals surface area contributed by atoms with Gasteiger partial charge >= 0.3 is 0 Å². The smallest absolute Gasteiger partial charge is 0.268 e. The van der Waals surface area contributed by atoms with Gasteiger partial charge in [-0.1, -0.05) is 41.1 Å². The number of rotatable bonds is 3. The van der Waals surface area contributed by atoms with Crippen LogP contribution in [0.4, 0.5) is 5.13 Å². The van der Waals surface area contributed by atoms with E-state index in [1.807, 2.05) is 31.2 Å². The van der Waals surface area contributed by atoms with Crippen molar-refractivity contribution in [3.05, 3.63) is 64.2 Å². The van der Waals surface area contributed by atoms with Gasteiger partial charge in [-0.3, -0.25) is 10.1 Å². The van der Waals surface area contributed by atoms with Crippen molar-refractivity contribution < 1.29 is 4.79 Å². The van der Waals surface area contributed by atoms with Crippen molar-refractivity contribution in [2.45, 2.75) is 6.92 Å². The van der Waals surface area contributed by atoms with E-state index in [0.717, 1.165) is 21.3 Å². The highest BCUT2D eigenvalue weighted by atomic mass is 35.5. The molecule has 3 rings (SSSR count). The number of nitriles is 1. The maximum Gasteiger partial charge on any atom is 0.268 e. The van der Waals surface area contributed by atoms with Gasteiger partial charge in [-0.15, -0.1) is 0 Å². The summed E-state index contributed by atoms with van der Waals surface area (Å²) < 4.78 is 0.991. The van der Waals surface area contributed by atoms with Crippen LogP contribution in [0.3, 0.4) is 0 Å². The topological polar surface area (TPSA) is 65.8 Å². The number of benzene rings is 2. The molecule has 3 aromatic rings. The number of nitrogens with zero attached hydrogens (tertiary/aromatic N) is 2. The fourth-order valence-electron chi connectivity index (χ4n) is 2.12. The zero-order chi connectivity index (χ0) is 17.1. The first kappa shape index (κ1) is 16.2. The summed E-state index contributed by atoms with van der Waals surface area (Å²) >= 11 is 7.21. The second kappa shape index (κ2) is 6.83. The molecule has 0 saturated heterocycles. The molecule has 2 aromatic carbocycles. The van der Waals surface area contributed by atoms with Crippen LogP contribution in [0.15, 0.2) is 48.0 Å². The summed E-state index contributed by atoms with van der Waals surface area (Å²) in [4.78, 5) is 16.7. The zero-order valence-corrected chi connectivity index (χ0v) is 14.3. The lowest BCUT2D eigenvalue weighted by Crippen LogP contribution is -2.13. The van der Waals surface area contributed by atoms with E-state index in [2.05, 4.69) is 10.3 Å². The number of nitrogens with one attached hydrogen (secondary N) is 1. The largest absolute Gasteiger partial charge is 0.297 e. The second-order valence-electron chi connectivity index (χ2n) is 5.17. The average Bonchev–Trinajstić information content (AvgIpc) is 2.95. The molecule has 1 heterocycles. The first-order valence-electron chi connectivity index (χ1n) is 7.11. The minimum atomic E-state index is -0.483. The molecule has 0 fully saturated rings. The molecule has 0 unspecified atom stereocenters. The summed E-state index contributed by atoms with van der Waals surface area (Å²) in [6.45, 7) is 2.00. The van der Waals surface area contributed by atoms with Crippen LogP contribution >= 0.6 is 22.9 Å². The van der Waals surface area contributed by atoms with Gasteiger partial charge in [0.25, 0.3) is 5.91 Å². The molecule has 0 atom stereocenters. The van der Waals surface area contributed by atoms with Gasteiger partial charge in [-0.25, -0.2) is 4.98 Å². The Hall–Kier alpha value is -2.68. The first-order valence-corrected chi connectivity index (χ1v) is 8.30. The van der Waals surface area contributed by atoms with Crippen LogP contribution in [0.2, 0.25) is 5.02 Å². The minimum absolute atomic E-state index is 0.00718. The van der Waals surface area contributed by atoms with E-state index in [9.17, 15) is 10.1 Å². The number of carbonyl (C=O) groups is 1. The van der Waals surface area contributed by atoms with Crippen molar-refractivity contribution in [2.24, 2.45) is 0 Å². The van der Waals surface area contributed by atoms with Gasteiger partial charge in [0.2, 0.25) is 0 Å². The molecule has 0 aliphatic heterocycles. The first-order chi connectivity index (χ1) is 11.5. The molecule has 6 heteroatoms. The molecule has 118 valence electrons. The predicted molar refractivity (Wildman–Crippen MR) is 98.0 cm³/mol. The minimum Gasteiger partial charge on any atom is -0.297 e. The SMILES string of the molecule is Cc1ccc2nc(NC(=O)/C(C#N)=C/c3ccc(Cl)cc3)sc2c1. The maximum absolute atomic E-state index is 12.3. The Morgan fingerprint density at radius 2 is 2.04 bits per heavy atom. The van der Waals surface area contributed by atoms with Crippen molar-refractivity contribution in [3.63, 3.8) is 0 Å². The highest BCUT2D eigenvalue weighted by Crippen LogP contribution is 2.27. The number of aryl methyl sites for hydroxylation is 1. The molecule has 0 aliphatic carbocycles. The van der Waals surface area contributed by atoms with E-state index in [1.54, 1.807) is 24.3 Å². The van der Waals surface area contributed by atoms with Gasteiger partial charge in [0, 0.05) is 5.02 Å². The molecule has 0 bridgehead atoms. The Bertz CT molecular complexity index is 984. The number of fused-ring (bicyclic) bond motifs is 1. The van der Waals surface area contributed by atoms with Crippen LogP contribution in [0.5, 0.6) is 0 Å². The third-order valence-electron chi connectivity index (χ3n) is 3.31. The molecule has 1 amide bonds. The average molecular weight is 354 g/mol. The molecule has 0 spiro atoms. The van der Waals surface area contributed by atoms with Gasteiger partial charge in [0.05, 0.1) is 10.2 Å². The van der Waals surface area contributed by atoms with Crippen LogP contribution in [0, 0.1) is 18.3 Å². The van der Waals surface area contributed by atoms with Crippen LogP contribution < -0.4 is 5.32 Å². The Kier molecular flexibility index (Phi) is 4.61. The van der Waals surface area contributed by atoms with Gasteiger partial charge in [0.15, 0.2) is 5.13 Å². The summed E-state index contributed by atoms with van der Waals surface area (Å²) in [5.41, 5.74) is 2.68. The van der Waals surface area contributed by atoms with E-state index >= 15 is 0 Å². The molecular weight excluding hydrogens is 342 g/mol. The number of hydrogen-bond donors (Lipinski definition) is 1. The Morgan fingerprint density at radius 3 is 2.75 bits per heavy atom. The number of halogens is 1. The summed E-state index contributed by atoms with van der Waals surface area (Å²) in [7, 11) is 0. The van der Waals surface area contributed by atoms with Crippen molar-refractivity contribution in [1.82, 2.24) is 4.98 Å². The lowest BCUT2D eigenvalue weighted by molar-refractivity contribution is -0.112. The van der Waals surface area contributed by atoms with Crippen LogP contribution in [0.25, 0.3) is 16.3 Å². The summed E-state index contributed by atoms with van der Waals surface area (Å²) in [6, 6.07) is 14.7. The zero-order valence-electron chi connectivity index (χ0n) is 12.7. The number of anilines is 1. The van der Waals surface area contributed by atoms with Crippen molar-refractivity contribution in [3.8, 4) is 6.07 Å². The fraction of sp³-hybridized carbons (Fsp3) is 0.0556. The van der Waals surface area contributed by atoms with E-state index < -0.39 is 5.91 Å². The van der Waals surface area contributed by atoms with Crippen LogP contribution in [0.1, 0.15) is 11.1 Å². The standard InChI is InChI=1S/C18H12ClN3OS/c1-11-2-7-15-16(8-11)24-18(21-15)22-17(23)13(10-20)9-12-3-5-14(19)6-4-12/h2-9H,1H3,(H,21,22,23)/b13-9+. The summed E-state index contributed by atoms with van der Waals surface area (Å²) in [6.07, 6.45) is 1.52. The number of aromatic nitrogens is 1. The van der Waals surface area contributed by atoms with Gasteiger partial charge in [0.1, 0.15) is 11.6 Å². The van der Waals surface area contributed by atoms with E-state index in [-0.39, 0.29) is 5.57 Å². The molecule has 1 aromatic heterocycles. The number of carbonyl (C=O) groups excluding carboxylic acids is 1. The van der Waals surface area contributed by atoms with Crippen molar-refractivity contribution in [2.75, 3.05) is 5.32 Å². The van der Waals surface area contributed by atoms with Crippen molar-refractivity contribution in [1.29, 1.82) is 5.26 Å². The van der Waals surface area contributed by atoms with Crippen LogP contribution in [-0.2, 0) is 4.79 Å². The van der Waals surface area contributed by atoms with Gasteiger partial charge in [-0.05, 0) is 48.4 Å². The number of amides is 1. The molecule has 4 nitrogen and oxygen atoms in total. The monoisotopic (exact) mass is 353 g/mol. The number of hydrogen-bond acceptors (Lipinski definition) is 4. The third-order valence-corrected chi connectivity index (χ3v) is 4.50. The van der Waals surface area contributed by atoms with Gasteiger partial charge in [-0.2, -0.15) is 5.26 Å². The Morgan fingerprint density at radius 1 is 1.29 bits per heavy atom. The highest BCUT2D eigenvalue weighted by Gasteiger charge is 2.12. The number of thiazole rings is 1. The van der Waals surface area contributed by atoms with Crippen molar-refractivity contribution >= 4 is 50.3 Å². The summed E-state index contributed by atoms with van der Waals surface area (Å²) in [5, 5.41) is 13.0. The molecule has 0 saturated carbocycles. The molecule has 1 N–H and O–H groups in total. The highest BCUT2D eigenvalue weighted by molar-refractivity contribution is 7.22. The lowest BCUT2D eigenvalue weighted by atomic mass is 10.1. The quantitative estimate of drug-likeness (QED) is 0.543. The molecular formula is C18H12ClN3OS. The Balaban J connectivity index is 1.83. The van der Waals surface area contributed by atoms with Gasteiger partial charge < -0.3 is 0 Å². The maximum atomic E-state index is 12.3. The Labute approximate surface area is 148 Å². The normalized spacial score (nSPS) is 11.3. The summed E-state index contributed by atoms with van der Waals surface area (Å²) in [5.74, 6) is -0.483. The van der Waals surface area contributed by atoms with E-state index in [1.165, 1.54) is 17.4 Å². The molecule has 24 heavy (non-hydrogen) atoms. The fourth-order valence-corrected chi connectivity index (χ4v) is 3.21. The second-order valence-corrected chi connectivity index (χ2v) is 6.63. The molecule has 0 radical (unpaired) electrons. The van der Waals surface area contributed by atoms with Crippen LogP contribution in [-0.4, -0.2) is 10.9 Å². The third kappa shape index (κ3) is 3.62. The molecule has 0 aliphatic rings. The van der Waals surface area contributed by atoms with E-state index in [0.29, 0.717) is 10.2 Å². The predicted octanol–water partition coefficient (Wildman–Crippen LogP) is 4.80.